The van der Waals surface area contributed by atoms with Crippen molar-refractivity contribution in [2.45, 2.75) is 19.8 Å². The summed E-state index contributed by atoms with van der Waals surface area (Å²) in [5, 5.41) is 2.69. The Hall–Kier alpha value is -3.22. The van der Waals surface area contributed by atoms with Crippen LogP contribution >= 0.6 is 0 Å². The summed E-state index contributed by atoms with van der Waals surface area (Å²) in [6.07, 6.45) is 1.36. The third-order valence-electron chi connectivity index (χ3n) is 4.88. The number of carbonyl (C=O) groups is 3. The number of anilines is 1. The van der Waals surface area contributed by atoms with Crippen molar-refractivity contribution in [2.75, 3.05) is 18.4 Å². The first-order valence-corrected chi connectivity index (χ1v) is 9.11. The molecule has 1 aliphatic heterocycles. The van der Waals surface area contributed by atoms with Crippen LogP contribution in [0.25, 0.3) is 0 Å². The van der Waals surface area contributed by atoms with Gasteiger partial charge in [-0.05, 0) is 50.1 Å². The molecule has 2 aromatic rings. The van der Waals surface area contributed by atoms with Crippen molar-refractivity contribution in [3.63, 3.8) is 0 Å². The van der Waals surface area contributed by atoms with Crippen LogP contribution < -0.4 is 11.1 Å². The van der Waals surface area contributed by atoms with E-state index >= 15 is 0 Å². The molecule has 3 N–H and O–H groups in total. The molecule has 0 saturated carbocycles. The minimum atomic E-state index is -0.902. The van der Waals surface area contributed by atoms with Gasteiger partial charge in [0.25, 0.3) is 11.8 Å². The fourth-order valence-electron chi connectivity index (χ4n) is 3.29. The summed E-state index contributed by atoms with van der Waals surface area (Å²) in [6.45, 7) is 2.86. The molecule has 1 aliphatic rings. The van der Waals surface area contributed by atoms with E-state index in [0.29, 0.717) is 37.2 Å². The molecule has 0 spiro atoms. The monoisotopic (exact) mass is 383 g/mol. The van der Waals surface area contributed by atoms with Crippen LogP contribution in [-0.4, -0.2) is 35.7 Å². The first-order chi connectivity index (χ1) is 13.3. The SMILES string of the molecule is Cc1ccc(C(=O)N2CCCC(C(=O)Nc3ccc(F)c(C(N)=O)c3)C2)cc1. The number of benzene rings is 2. The maximum absolute atomic E-state index is 13.6. The molecule has 0 aliphatic carbocycles. The van der Waals surface area contributed by atoms with E-state index < -0.39 is 11.7 Å². The minimum absolute atomic E-state index is 0.102. The van der Waals surface area contributed by atoms with Crippen molar-refractivity contribution in [1.29, 1.82) is 0 Å². The van der Waals surface area contributed by atoms with E-state index in [2.05, 4.69) is 5.32 Å². The number of rotatable bonds is 4. The van der Waals surface area contributed by atoms with Crippen LogP contribution in [0.4, 0.5) is 10.1 Å². The molecule has 1 saturated heterocycles. The summed E-state index contributed by atoms with van der Waals surface area (Å²) in [5.41, 5.74) is 6.82. The number of hydrogen-bond acceptors (Lipinski definition) is 3. The fraction of sp³-hybridized carbons (Fsp3) is 0.286. The predicted molar refractivity (Wildman–Crippen MR) is 103 cm³/mol. The largest absolute Gasteiger partial charge is 0.366 e. The molecule has 146 valence electrons. The van der Waals surface area contributed by atoms with Crippen molar-refractivity contribution >= 4 is 23.4 Å². The zero-order valence-corrected chi connectivity index (χ0v) is 15.6. The molecule has 0 aromatic heterocycles. The van der Waals surface area contributed by atoms with Crippen LogP contribution in [0.1, 0.15) is 39.1 Å². The number of likely N-dealkylation sites (tertiary alicyclic amines) is 1. The number of hydrogen-bond donors (Lipinski definition) is 2. The average Bonchev–Trinajstić information content (AvgIpc) is 2.69. The lowest BCUT2D eigenvalue weighted by atomic mass is 9.96. The summed E-state index contributed by atoms with van der Waals surface area (Å²) >= 11 is 0. The minimum Gasteiger partial charge on any atom is -0.366 e. The Morgan fingerprint density at radius 3 is 2.54 bits per heavy atom. The molecule has 3 rings (SSSR count). The van der Waals surface area contributed by atoms with Gasteiger partial charge < -0.3 is 16.0 Å². The lowest BCUT2D eigenvalue weighted by molar-refractivity contribution is -0.121. The van der Waals surface area contributed by atoms with E-state index in [1.165, 1.54) is 12.1 Å². The van der Waals surface area contributed by atoms with Crippen molar-refractivity contribution in [2.24, 2.45) is 11.7 Å². The van der Waals surface area contributed by atoms with E-state index in [1.807, 2.05) is 19.1 Å². The molecule has 0 bridgehead atoms. The molecule has 2 aromatic carbocycles. The highest BCUT2D eigenvalue weighted by atomic mass is 19.1. The zero-order valence-electron chi connectivity index (χ0n) is 15.6. The molecule has 0 radical (unpaired) electrons. The van der Waals surface area contributed by atoms with Crippen LogP contribution in [0.2, 0.25) is 0 Å². The lowest BCUT2D eigenvalue weighted by Gasteiger charge is -2.32. The van der Waals surface area contributed by atoms with Crippen LogP contribution in [-0.2, 0) is 4.79 Å². The van der Waals surface area contributed by atoms with Crippen LogP contribution in [0.3, 0.4) is 0 Å². The van der Waals surface area contributed by atoms with Gasteiger partial charge in [-0.3, -0.25) is 14.4 Å². The van der Waals surface area contributed by atoms with Crippen molar-refractivity contribution < 1.29 is 18.8 Å². The normalized spacial score (nSPS) is 16.5. The van der Waals surface area contributed by atoms with Gasteiger partial charge in [-0.2, -0.15) is 0 Å². The van der Waals surface area contributed by atoms with E-state index in [-0.39, 0.29) is 23.3 Å². The Labute approximate surface area is 162 Å². The lowest BCUT2D eigenvalue weighted by Crippen LogP contribution is -2.43. The maximum Gasteiger partial charge on any atom is 0.253 e. The van der Waals surface area contributed by atoms with Crippen LogP contribution in [0, 0.1) is 18.7 Å². The standard InChI is InChI=1S/C21H22FN3O3/c1-13-4-6-14(7-5-13)21(28)25-10-2-3-15(12-25)20(27)24-16-8-9-18(22)17(11-16)19(23)26/h4-9,11,15H,2-3,10,12H2,1H3,(H2,23,26)(H,24,27). The first-order valence-electron chi connectivity index (χ1n) is 9.11. The van der Waals surface area contributed by atoms with Gasteiger partial charge in [0.15, 0.2) is 0 Å². The Morgan fingerprint density at radius 1 is 1.14 bits per heavy atom. The van der Waals surface area contributed by atoms with Crippen molar-refractivity contribution in [3.05, 3.63) is 65.0 Å². The molecular formula is C21H22FN3O3. The molecule has 7 heteroatoms. The second-order valence-electron chi connectivity index (χ2n) is 7.00. The Morgan fingerprint density at radius 2 is 1.86 bits per heavy atom. The van der Waals surface area contributed by atoms with E-state index in [1.54, 1.807) is 17.0 Å². The summed E-state index contributed by atoms with van der Waals surface area (Å²) in [5.74, 6) is -2.40. The molecular weight excluding hydrogens is 361 g/mol. The third kappa shape index (κ3) is 4.36. The Bertz CT molecular complexity index is 912. The number of nitrogens with one attached hydrogen (secondary N) is 1. The number of carbonyl (C=O) groups excluding carboxylic acids is 3. The second-order valence-corrected chi connectivity index (χ2v) is 7.00. The van der Waals surface area contributed by atoms with Gasteiger partial charge in [0.05, 0.1) is 11.5 Å². The Kier molecular flexibility index (Phi) is 5.73. The van der Waals surface area contributed by atoms with Crippen molar-refractivity contribution in [1.82, 2.24) is 4.90 Å². The van der Waals surface area contributed by atoms with E-state index in [9.17, 15) is 18.8 Å². The van der Waals surface area contributed by atoms with Crippen LogP contribution in [0.5, 0.6) is 0 Å². The smallest absolute Gasteiger partial charge is 0.253 e. The molecule has 1 unspecified atom stereocenters. The third-order valence-corrected chi connectivity index (χ3v) is 4.88. The summed E-state index contributed by atoms with van der Waals surface area (Å²) < 4.78 is 13.6. The summed E-state index contributed by atoms with van der Waals surface area (Å²) in [4.78, 5) is 38.3. The first kappa shape index (κ1) is 19.5. The van der Waals surface area contributed by atoms with E-state index in [4.69, 9.17) is 5.73 Å². The predicted octanol–water partition coefficient (Wildman–Crippen LogP) is 2.72. The topological polar surface area (TPSA) is 92.5 Å². The van der Waals surface area contributed by atoms with Gasteiger partial charge in [0, 0.05) is 24.3 Å². The number of primary amides is 1. The van der Waals surface area contributed by atoms with E-state index in [0.717, 1.165) is 11.6 Å². The zero-order chi connectivity index (χ0) is 20.3. The van der Waals surface area contributed by atoms with Gasteiger partial charge in [-0.15, -0.1) is 0 Å². The number of amides is 3. The molecule has 1 fully saturated rings. The highest BCUT2D eigenvalue weighted by Crippen LogP contribution is 2.22. The molecule has 6 nitrogen and oxygen atoms in total. The van der Waals surface area contributed by atoms with Crippen LogP contribution in [0.15, 0.2) is 42.5 Å². The number of piperidine rings is 1. The maximum atomic E-state index is 13.6. The van der Waals surface area contributed by atoms with Crippen molar-refractivity contribution in [3.8, 4) is 0 Å². The number of halogens is 1. The second kappa shape index (κ2) is 8.21. The highest BCUT2D eigenvalue weighted by Gasteiger charge is 2.29. The number of nitrogens with zero attached hydrogens (tertiary/aromatic N) is 1. The quantitative estimate of drug-likeness (QED) is 0.850. The van der Waals surface area contributed by atoms with Gasteiger partial charge >= 0.3 is 0 Å². The average molecular weight is 383 g/mol. The number of nitrogens with two attached hydrogens (primary N) is 1. The van der Waals surface area contributed by atoms with Gasteiger partial charge in [-0.25, -0.2) is 4.39 Å². The number of aryl methyl sites for hydroxylation is 1. The summed E-state index contributed by atoms with van der Waals surface area (Å²) in [6, 6.07) is 11.0. The molecule has 28 heavy (non-hydrogen) atoms. The fourth-order valence-corrected chi connectivity index (χ4v) is 3.29. The highest BCUT2D eigenvalue weighted by molar-refractivity contribution is 5.98. The molecule has 1 heterocycles. The molecule has 3 amide bonds. The molecule has 1 atom stereocenters. The van der Waals surface area contributed by atoms with Gasteiger partial charge in [-0.1, -0.05) is 17.7 Å². The van der Waals surface area contributed by atoms with Gasteiger partial charge in [0.2, 0.25) is 5.91 Å². The Balaban J connectivity index is 1.67. The van der Waals surface area contributed by atoms with Gasteiger partial charge in [0.1, 0.15) is 5.82 Å². The summed E-state index contributed by atoms with van der Waals surface area (Å²) in [7, 11) is 0.